The zero-order valence-corrected chi connectivity index (χ0v) is 19.8. The maximum atomic E-state index is 12.8. The van der Waals surface area contributed by atoms with Gasteiger partial charge in [0.05, 0.1) is 23.4 Å². The largest absolute Gasteiger partial charge is 0.321 e. The molecule has 0 spiro atoms. The predicted molar refractivity (Wildman–Crippen MR) is 133 cm³/mol. The molecule has 1 aromatic heterocycles. The molecular formula is C25H24N2O3S2. The fourth-order valence-electron chi connectivity index (χ4n) is 3.69. The molecule has 0 saturated carbocycles. The van der Waals surface area contributed by atoms with Gasteiger partial charge in [-0.2, -0.15) is 0 Å². The molecule has 1 amide bonds. The van der Waals surface area contributed by atoms with Crippen LogP contribution in [-0.2, 0) is 16.6 Å². The van der Waals surface area contributed by atoms with E-state index in [-0.39, 0.29) is 12.5 Å². The average molecular weight is 465 g/mol. The smallest absolute Gasteiger partial charge is 0.265 e. The monoisotopic (exact) mass is 464 g/mol. The number of hydrogen-bond donors (Lipinski definition) is 1. The molecule has 0 saturated heterocycles. The number of thiophene rings is 1. The lowest BCUT2D eigenvalue weighted by Gasteiger charge is -2.22. The Hall–Kier alpha value is -3.16. The quantitative estimate of drug-likeness (QED) is 0.396. The zero-order chi connectivity index (χ0) is 22.9. The molecule has 1 heterocycles. The van der Waals surface area contributed by atoms with Gasteiger partial charge in [0.1, 0.15) is 0 Å². The van der Waals surface area contributed by atoms with Crippen molar-refractivity contribution >= 4 is 48.7 Å². The standard InChI is InChI=1S/C25H24N2O3S2/c1-17-11-18(2)13-21(12-17)26-25(28)24-15-20-14-22(9-10-23(20)31-24)27(32(3,29)30)16-19-7-5-4-6-8-19/h4-15H,16H2,1-3H3,(H,26,28). The summed E-state index contributed by atoms with van der Waals surface area (Å²) in [6.07, 6.45) is 1.20. The Morgan fingerprint density at radius 2 is 1.62 bits per heavy atom. The summed E-state index contributed by atoms with van der Waals surface area (Å²) >= 11 is 1.38. The van der Waals surface area contributed by atoms with Gasteiger partial charge in [-0.05, 0) is 72.3 Å². The second-order valence-corrected chi connectivity index (χ2v) is 10.9. The van der Waals surface area contributed by atoms with Crippen LogP contribution >= 0.6 is 11.3 Å². The fraction of sp³-hybridized carbons (Fsp3) is 0.160. The number of hydrogen-bond acceptors (Lipinski definition) is 4. The lowest BCUT2D eigenvalue weighted by Crippen LogP contribution is -2.29. The number of carbonyl (C=O) groups is 1. The van der Waals surface area contributed by atoms with Crippen LogP contribution in [0.1, 0.15) is 26.4 Å². The van der Waals surface area contributed by atoms with Gasteiger partial charge in [0, 0.05) is 10.4 Å². The number of sulfonamides is 1. The van der Waals surface area contributed by atoms with Gasteiger partial charge in [-0.3, -0.25) is 9.10 Å². The third kappa shape index (κ3) is 5.00. The number of aryl methyl sites for hydroxylation is 2. The fourth-order valence-corrected chi connectivity index (χ4v) is 5.51. The van der Waals surface area contributed by atoms with Crippen LogP contribution in [0.3, 0.4) is 0 Å². The van der Waals surface area contributed by atoms with Gasteiger partial charge in [-0.1, -0.05) is 36.4 Å². The Labute approximate surface area is 192 Å². The van der Waals surface area contributed by atoms with E-state index in [1.54, 1.807) is 6.07 Å². The van der Waals surface area contributed by atoms with Crippen LogP contribution < -0.4 is 9.62 Å². The first kappa shape index (κ1) is 22.0. The normalized spacial score (nSPS) is 11.5. The van der Waals surface area contributed by atoms with E-state index >= 15 is 0 Å². The topological polar surface area (TPSA) is 66.5 Å². The van der Waals surface area contributed by atoms with Gasteiger partial charge < -0.3 is 5.32 Å². The molecule has 0 aliphatic rings. The van der Waals surface area contributed by atoms with Gasteiger partial charge in [0.2, 0.25) is 10.0 Å². The SMILES string of the molecule is Cc1cc(C)cc(NC(=O)c2cc3cc(N(Cc4ccccc4)S(C)(=O)=O)ccc3s2)c1. The Bertz CT molecular complexity index is 1370. The van der Waals surface area contributed by atoms with Crippen molar-refractivity contribution in [1.29, 1.82) is 0 Å². The number of amides is 1. The summed E-state index contributed by atoms with van der Waals surface area (Å²) in [6, 6.07) is 22.7. The minimum Gasteiger partial charge on any atom is -0.321 e. The molecule has 5 nitrogen and oxygen atoms in total. The van der Waals surface area contributed by atoms with E-state index in [1.165, 1.54) is 21.9 Å². The predicted octanol–water partition coefficient (Wildman–Crippen LogP) is 5.74. The number of benzene rings is 3. The highest BCUT2D eigenvalue weighted by Gasteiger charge is 2.19. The first-order valence-electron chi connectivity index (χ1n) is 10.1. The second kappa shape index (κ2) is 8.76. The van der Waals surface area contributed by atoms with Crippen LogP contribution in [0.4, 0.5) is 11.4 Å². The third-order valence-electron chi connectivity index (χ3n) is 5.06. The molecule has 0 unspecified atom stereocenters. The van der Waals surface area contributed by atoms with Crippen molar-refractivity contribution in [3.05, 3.63) is 94.4 Å². The van der Waals surface area contributed by atoms with Crippen LogP contribution in [0.5, 0.6) is 0 Å². The molecule has 0 atom stereocenters. The summed E-state index contributed by atoms with van der Waals surface area (Å²) in [5.41, 5.74) is 4.40. The van der Waals surface area contributed by atoms with Crippen LogP contribution in [0.25, 0.3) is 10.1 Å². The second-order valence-electron chi connectivity index (χ2n) is 7.92. The molecular weight excluding hydrogens is 440 g/mol. The molecule has 4 aromatic rings. The maximum Gasteiger partial charge on any atom is 0.265 e. The van der Waals surface area contributed by atoms with E-state index in [0.29, 0.717) is 10.6 Å². The molecule has 0 aliphatic heterocycles. The Morgan fingerprint density at radius 1 is 0.938 bits per heavy atom. The van der Waals surface area contributed by atoms with Crippen molar-refractivity contribution in [3.63, 3.8) is 0 Å². The molecule has 32 heavy (non-hydrogen) atoms. The van der Waals surface area contributed by atoms with Gasteiger partial charge in [-0.25, -0.2) is 8.42 Å². The summed E-state index contributed by atoms with van der Waals surface area (Å²) in [4.78, 5) is 13.4. The van der Waals surface area contributed by atoms with Crippen molar-refractivity contribution in [2.45, 2.75) is 20.4 Å². The Morgan fingerprint density at radius 3 is 2.28 bits per heavy atom. The van der Waals surface area contributed by atoms with Crippen molar-refractivity contribution in [2.75, 3.05) is 15.9 Å². The highest BCUT2D eigenvalue weighted by Crippen LogP contribution is 2.31. The van der Waals surface area contributed by atoms with E-state index in [9.17, 15) is 13.2 Å². The zero-order valence-electron chi connectivity index (χ0n) is 18.1. The highest BCUT2D eigenvalue weighted by molar-refractivity contribution is 7.92. The van der Waals surface area contributed by atoms with Crippen molar-refractivity contribution < 1.29 is 13.2 Å². The maximum absolute atomic E-state index is 12.8. The van der Waals surface area contributed by atoms with E-state index in [1.807, 2.05) is 74.5 Å². The van der Waals surface area contributed by atoms with Gasteiger partial charge in [0.25, 0.3) is 5.91 Å². The first-order valence-corrected chi connectivity index (χ1v) is 12.8. The third-order valence-corrected chi connectivity index (χ3v) is 7.32. The lowest BCUT2D eigenvalue weighted by molar-refractivity contribution is 0.103. The molecule has 3 aromatic carbocycles. The summed E-state index contributed by atoms with van der Waals surface area (Å²) in [7, 11) is -3.49. The minimum atomic E-state index is -3.49. The van der Waals surface area contributed by atoms with Gasteiger partial charge in [-0.15, -0.1) is 11.3 Å². The van der Waals surface area contributed by atoms with Gasteiger partial charge in [0.15, 0.2) is 0 Å². The molecule has 164 valence electrons. The van der Waals surface area contributed by atoms with Crippen molar-refractivity contribution in [2.24, 2.45) is 0 Å². The van der Waals surface area contributed by atoms with Crippen LogP contribution in [-0.4, -0.2) is 20.6 Å². The Balaban J connectivity index is 1.63. The van der Waals surface area contributed by atoms with Crippen LogP contribution in [0.15, 0.2) is 72.8 Å². The van der Waals surface area contributed by atoms with E-state index < -0.39 is 10.0 Å². The number of carbonyl (C=O) groups excluding carboxylic acids is 1. The van der Waals surface area contributed by atoms with E-state index in [2.05, 4.69) is 11.4 Å². The molecule has 0 radical (unpaired) electrons. The summed E-state index contributed by atoms with van der Waals surface area (Å²) in [5.74, 6) is -0.179. The molecule has 0 bridgehead atoms. The first-order chi connectivity index (χ1) is 15.2. The molecule has 0 aliphatic carbocycles. The van der Waals surface area contributed by atoms with Gasteiger partial charge >= 0.3 is 0 Å². The average Bonchev–Trinajstić information content (AvgIpc) is 3.15. The summed E-state index contributed by atoms with van der Waals surface area (Å²) < 4.78 is 27.3. The molecule has 4 rings (SSSR count). The van der Waals surface area contributed by atoms with Crippen LogP contribution in [0.2, 0.25) is 0 Å². The number of anilines is 2. The summed E-state index contributed by atoms with van der Waals surface area (Å²) in [5, 5.41) is 3.79. The molecule has 0 fully saturated rings. The Kier molecular flexibility index (Phi) is 6.04. The van der Waals surface area contributed by atoms with Crippen molar-refractivity contribution in [3.8, 4) is 0 Å². The van der Waals surface area contributed by atoms with E-state index in [4.69, 9.17) is 0 Å². The molecule has 1 N–H and O–H groups in total. The number of fused-ring (bicyclic) bond motifs is 1. The number of nitrogens with one attached hydrogen (secondary N) is 1. The van der Waals surface area contributed by atoms with Crippen LogP contribution in [0, 0.1) is 13.8 Å². The lowest BCUT2D eigenvalue weighted by atomic mass is 10.1. The number of rotatable bonds is 6. The highest BCUT2D eigenvalue weighted by atomic mass is 32.2. The van der Waals surface area contributed by atoms with E-state index in [0.717, 1.165) is 32.5 Å². The number of nitrogens with zero attached hydrogens (tertiary/aromatic N) is 1. The van der Waals surface area contributed by atoms with Crippen molar-refractivity contribution in [1.82, 2.24) is 0 Å². The molecule has 7 heteroatoms. The minimum absolute atomic E-state index is 0.179. The summed E-state index contributed by atoms with van der Waals surface area (Å²) in [6.45, 7) is 4.23.